The van der Waals surface area contributed by atoms with Crippen LogP contribution in [0.2, 0.25) is 0 Å². The molecule has 1 N–H and O–H groups in total. The Morgan fingerprint density at radius 1 is 1.18 bits per heavy atom. The van der Waals surface area contributed by atoms with Crippen LogP contribution in [-0.4, -0.2) is 41.4 Å². The van der Waals surface area contributed by atoms with Gasteiger partial charge in [0, 0.05) is 45.0 Å². The number of aromatic nitrogens is 3. The summed E-state index contributed by atoms with van der Waals surface area (Å²) in [6.45, 7) is 8.71. The van der Waals surface area contributed by atoms with E-state index in [1.54, 1.807) is 0 Å². The van der Waals surface area contributed by atoms with E-state index < -0.39 is 0 Å². The summed E-state index contributed by atoms with van der Waals surface area (Å²) in [6, 6.07) is 4.35. The van der Waals surface area contributed by atoms with Crippen molar-refractivity contribution in [3.8, 4) is 0 Å². The lowest BCUT2D eigenvalue weighted by atomic mass is 9.91. The van der Waals surface area contributed by atoms with Crippen molar-refractivity contribution in [2.24, 2.45) is 5.92 Å². The molecule has 2 aromatic heterocycles. The molecule has 7 heteroatoms. The van der Waals surface area contributed by atoms with Gasteiger partial charge in [-0.15, -0.1) is 0 Å². The molecule has 7 nitrogen and oxygen atoms in total. The van der Waals surface area contributed by atoms with Gasteiger partial charge in [0.25, 0.3) is 0 Å². The molecule has 4 heterocycles. The van der Waals surface area contributed by atoms with Crippen molar-refractivity contribution in [1.29, 1.82) is 0 Å². The number of anilines is 1. The molecule has 0 aliphatic carbocycles. The van der Waals surface area contributed by atoms with Crippen LogP contribution in [0.15, 0.2) is 22.9 Å². The van der Waals surface area contributed by atoms with E-state index in [2.05, 4.69) is 51.3 Å². The zero-order valence-corrected chi connectivity index (χ0v) is 16.9. The number of nitrogens with one attached hydrogen (secondary N) is 1. The second kappa shape index (κ2) is 9.01. The minimum Gasteiger partial charge on any atom is -0.381 e. The fourth-order valence-electron chi connectivity index (χ4n) is 4.00. The Hall–Kier alpha value is -1.99. The van der Waals surface area contributed by atoms with Gasteiger partial charge >= 0.3 is 0 Å². The highest BCUT2D eigenvalue weighted by Crippen LogP contribution is 2.30. The summed E-state index contributed by atoms with van der Waals surface area (Å²) in [5, 5.41) is 7.82. The highest BCUT2D eigenvalue weighted by molar-refractivity contribution is 5.40. The molecule has 0 bridgehead atoms. The highest BCUT2D eigenvalue weighted by atomic mass is 16.5. The van der Waals surface area contributed by atoms with E-state index in [-0.39, 0.29) is 12.0 Å². The zero-order chi connectivity index (χ0) is 19.3. The smallest absolute Gasteiger partial charge is 0.244 e. The van der Waals surface area contributed by atoms with Crippen LogP contribution in [-0.2, 0) is 11.3 Å². The molecule has 0 saturated carbocycles. The summed E-state index contributed by atoms with van der Waals surface area (Å²) in [5.41, 5.74) is 1.17. The van der Waals surface area contributed by atoms with Crippen molar-refractivity contribution in [3.05, 3.63) is 35.6 Å². The van der Waals surface area contributed by atoms with Crippen LogP contribution in [0.4, 0.5) is 5.82 Å². The topological polar surface area (TPSA) is 76.3 Å². The quantitative estimate of drug-likeness (QED) is 0.782. The van der Waals surface area contributed by atoms with Crippen molar-refractivity contribution in [2.75, 3.05) is 31.2 Å². The lowest BCUT2D eigenvalue weighted by molar-refractivity contribution is 0.0485. The third-order valence-corrected chi connectivity index (χ3v) is 5.74. The first-order valence-electron chi connectivity index (χ1n) is 10.5. The average molecular weight is 386 g/mol. The molecule has 2 aromatic rings. The zero-order valence-electron chi connectivity index (χ0n) is 16.9. The molecular weight excluding hydrogens is 354 g/mol. The number of pyridine rings is 1. The molecule has 0 spiro atoms. The number of hydrogen-bond donors (Lipinski definition) is 1. The van der Waals surface area contributed by atoms with Crippen LogP contribution >= 0.6 is 0 Å². The Bertz CT molecular complexity index is 734. The molecular formula is C21H31N5O2. The summed E-state index contributed by atoms with van der Waals surface area (Å²) in [7, 11) is 0. The minimum atomic E-state index is 0.0437. The van der Waals surface area contributed by atoms with Crippen molar-refractivity contribution in [2.45, 2.75) is 58.0 Å². The van der Waals surface area contributed by atoms with Crippen molar-refractivity contribution in [3.63, 3.8) is 0 Å². The molecule has 2 saturated heterocycles. The molecule has 152 valence electrons. The maximum absolute atomic E-state index is 5.63. The van der Waals surface area contributed by atoms with Gasteiger partial charge in [-0.1, -0.05) is 25.1 Å². The predicted molar refractivity (Wildman–Crippen MR) is 107 cm³/mol. The lowest BCUT2D eigenvalue weighted by Gasteiger charge is -2.28. The van der Waals surface area contributed by atoms with Gasteiger partial charge in [0.2, 0.25) is 5.89 Å². The third-order valence-electron chi connectivity index (χ3n) is 5.74. The van der Waals surface area contributed by atoms with Crippen LogP contribution in [0.5, 0.6) is 0 Å². The van der Waals surface area contributed by atoms with Crippen molar-refractivity contribution in [1.82, 2.24) is 20.4 Å². The Morgan fingerprint density at radius 2 is 1.96 bits per heavy atom. The number of nitrogens with zero attached hydrogens (tertiary/aromatic N) is 4. The number of rotatable bonds is 7. The minimum absolute atomic E-state index is 0.0437. The SMILES string of the molecule is CC(C)c1noc([C@H](NCc2ccc(N3CCCC3)nc2)C2CCOCC2)n1. The normalized spacial score (nSPS) is 19.5. The van der Waals surface area contributed by atoms with Crippen molar-refractivity contribution < 1.29 is 9.26 Å². The van der Waals surface area contributed by atoms with Gasteiger partial charge in [0.1, 0.15) is 5.82 Å². The molecule has 0 unspecified atom stereocenters. The molecule has 2 aliphatic heterocycles. The van der Waals surface area contributed by atoms with E-state index in [9.17, 15) is 0 Å². The van der Waals surface area contributed by atoms with E-state index in [0.29, 0.717) is 11.8 Å². The lowest BCUT2D eigenvalue weighted by Crippen LogP contribution is -2.32. The first kappa shape index (κ1) is 19.3. The highest BCUT2D eigenvalue weighted by Gasteiger charge is 2.30. The van der Waals surface area contributed by atoms with Gasteiger partial charge in [0.15, 0.2) is 5.82 Å². The van der Waals surface area contributed by atoms with E-state index in [1.165, 1.54) is 18.4 Å². The second-order valence-corrected chi connectivity index (χ2v) is 8.17. The van der Waals surface area contributed by atoms with Gasteiger partial charge in [0.05, 0.1) is 6.04 Å². The van der Waals surface area contributed by atoms with Gasteiger partial charge in [-0.25, -0.2) is 4.98 Å². The summed E-state index contributed by atoms with van der Waals surface area (Å²) in [4.78, 5) is 11.7. The molecule has 0 amide bonds. The van der Waals surface area contributed by atoms with Crippen LogP contribution in [0.3, 0.4) is 0 Å². The molecule has 2 fully saturated rings. The molecule has 4 rings (SSSR count). The molecule has 0 aromatic carbocycles. The Balaban J connectivity index is 1.44. The standard InChI is InChI=1S/C21H31N5O2/c1-15(2)20-24-21(28-25-20)19(17-7-11-27-12-8-17)23-14-16-5-6-18(22-13-16)26-9-3-4-10-26/h5-6,13,15,17,19,23H,3-4,7-12,14H2,1-2H3/t19-/m1/s1. The first-order chi connectivity index (χ1) is 13.7. The number of hydrogen-bond acceptors (Lipinski definition) is 7. The van der Waals surface area contributed by atoms with Crippen molar-refractivity contribution >= 4 is 5.82 Å². The third kappa shape index (κ3) is 4.52. The number of ether oxygens (including phenoxy) is 1. The van der Waals surface area contributed by atoms with Crippen LogP contribution in [0.25, 0.3) is 0 Å². The molecule has 1 atom stereocenters. The molecule has 28 heavy (non-hydrogen) atoms. The average Bonchev–Trinajstić information content (AvgIpc) is 3.42. The van der Waals surface area contributed by atoms with E-state index in [0.717, 1.165) is 57.3 Å². The fraction of sp³-hybridized carbons (Fsp3) is 0.667. The monoisotopic (exact) mass is 385 g/mol. The Labute approximate surface area is 166 Å². The fourth-order valence-corrected chi connectivity index (χ4v) is 4.00. The maximum Gasteiger partial charge on any atom is 0.244 e. The molecule has 2 aliphatic rings. The van der Waals surface area contributed by atoms with Crippen LogP contribution < -0.4 is 10.2 Å². The summed E-state index contributed by atoms with van der Waals surface area (Å²) >= 11 is 0. The second-order valence-electron chi connectivity index (χ2n) is 8.17. The van der Waals surface area contributed by atoms with Crippen LogP contribution in [0, 0.1) is 5.92 Å². The largest absolute Gasteiger partial charge is 0.381 e. The first-order valence-corrected chi connectivity index (χ1v) is 10.5. The van der Waals surface area contributed by atoms with Crippen LogP contribution in [0.1, 0.15) is 68.8 Å². The summed E-state index contributed by atoms with van der Waals surface area (Å²) < 4.78 is 11.2. The van der Waals surface area contributed by atoms with E-state index in [1.807, 2.05) is 6.20 Å². The van der Waals surface area contributed by atoms with E-state index in [4.69, 9.17) is 9.26 Å². The van der Waals surface area contributed by atoms with Gasteiger partial charge in [-0.3, -0.25) is 0 Å². The van der Waals surface area contributed by atoms with Gasteiger partial charge in [-0.05, 0) is 43.2 Å². The predicted octanol–water partition coefficient (Wildman–Crippen LogP) is 3.45. The Kier molecular flexibility index (Phi) is 6.22. The Morgan fingerprint density at radius 3 is 2.61 bits per heavy atom. The van der Waals surface area contributed by atoms with Gasteiger partial charge < -0.3 is 19.5 Å². The van der Waals surface area contributed by atoms with E-state index >= 15 is 0 Å². The summed E-state index contributed by atoms with van der Waals surface area (Å²) in [6.07, 6.45) is 6.52. The van der Waals surface area contributed by atoms with Gasteiger partial charge in [-0.2, -0.15) is 4.98 Å². The molecule has 0 radical (unpaired) electrons. The maximum atomic E-state index is 5.63. The summed E-state index contributed by atoms with van der Waals surface area (Å²) in [5.74, 6) is 3.24.